The Kier molecular flexibility index (Phi) is 7.78. The SMILES string of the molecule is C[Si](C)(C)CCOC(=O)c1ccc2cncc(-c3ccc(/C=C/C(=O)N4CCOCC4)cc3)c2c1. The largest absolute Gasteiger partial charge is 0.462 e. The number of ether oxygens (including phenoxy) is 2. The van der Waals surface area contributed by atoms with Crippen LogP contribution in [0.15, 0.2) is 60.9 Å². The summed E-state index contributed by atoms with van der Waals surface area (Å²) < 4.78 is 10.8. The number of hydrogen-bond donors (Lipinski definition) is 0. The van der Waals surface area contributed by atoms with Crippen LogP contribution >= 0.6 is 0 Å². The van der Waals surface area contributed by atoms with E-state index in [4.69, 9.17) is 9.47 Å². The van der Waals surface area contributed by atoms with Gasteiger partial charge >= 0.3 is 5.97 Å². The number of rotatable bonds is 7. The lowest BCUT2D eigenvalue weighted by Crippen LogP contribution is -2.39. The minimum absolute atomic E-state index is 0.000103. The van der Waals surface area contributed by atoms with E-state index in [1.807, 2.05) is 48.7 Å². The molecule has 7 heteroatoms. The van der Waals surface area contributed by atoms with Crippen LogP contribution in [0.25, 0.3) is 28.0 Å². The Morgan fingerprint density at radius 2 is 1.80 bits per heavy atom. The number of esters is 1. The van der Waals surface area contributed by atoms with Crippen LogP contribution in [0.4, 0.5) is 0 Å². The number of nitrogens with zero attached hydrogens (tertiary/aromatic N) is 2. The lowest BCUT2D eigenvalue weighted by atomic mass is 9.98. The van der Waals surface area contributed by atoms with Gasteiger partial charge in [-0.1, -0.05) is 50.0 Å². The number of hydrogen-bond acceptors (Lipinski definition) is 5. The third-order valence-electron chi connectivity index (χ3n) is 6.04. The van der Waals surface area contributed by atoms with Crippen LogP contribution in [-0.4, -0.2) is 62.7 Å². The molecule has 1 fully saturated rings. The Balaban J connectivity index is 1.50. The number of fused-ring (bicyclic) bond motifs is 1. The Labute approximate surface area is 207 Å². The molecule has 0 aliphatic carbocycles. The van der Waals surface area contributed by atoms with E-state index in [-0.39, 0.29) is 11.9 Å². The van der Waals surface area contributed by atoms with Gasteiger partial charge in [0.15, 0.2) is 0 Å². The molecule has 1 aliphatic rings. The molecule has 2 aromatic carbocycles. The number of carbonyl (C=O) groups excluding carboxylic acids is 2. The van der Waals surface area contributed by atoms with Gasteiger partial charge in [0.2, 0.25) is 5.91 Å². The van der Waals surface area contributed by atoms with Gasteiger partial charge in [0.1, 0.15) is 0 Å². The van der Waals surface area contributed by atoms with Crippen molar-refractivity contribution in [2.24, 2.45) is 0 Å². The zero-order chi connectivity index (χ0) is 24.8. The van der Waals surface area contributed by atoms with E-state index in [0.717, 1.165) is 33.5 Å². The number of benzene rings is 2. The van der Waals surface area contributed by atoms with E-state index in [0.29, 0.717) is 38.5 Å². The minimum atomic E-state index is -1.26. The molecular formula is C28H32N2O4Si. The molecule has 0 atom stereocenters. The first-order valence-electron chi connectivity index (χ1n) is 12.0. The van der Waals surface area contributed by atoms with Gasteiger partial charge in [0.05, 0.1) is 25.4 Å². The molecule has 6 nitrogen and oxygen atoms in total. The van der Waals surface area contributed by atoms with Crippen LogP contribution in [0.1, 0.15) is 15.9 Å². The predicted molar refractivity (Wildman–Crippen MR) is 142 cm³/mol. The van der Waals surface area contributed by atoms with E-state index in [1.54, 1.807) is 23.2 Å². The summed E-state index contributed by atoms with van der Waals surface area (Å²) in [6, 6.07) is 14.5. The van der Waals surface area contributed by atoms with Crippen molar-refractivity contribution in [3.63, 3.8) is 0 Å². The molecule has 1 aliphatic heterocycles. The van der Waals surface area contributed by atoms with Crippen LogP contribution < -0.4 is 0 Å². The average molecular weight is 489 g/mol. The monoisotopic (exact) mass is 488 g/mol. The fraction of sp³-hybridized carbons (Fsp3) is 0.321. The van der Waals surface area contributed by atoms with E-state index < -0.39 is 8.07 Å². The summed E-state index contributed by atoms with van der Waals surface area (Å²) in [5.41, 5.74) is 3.42. The molecular weight excluding hydrogens is 456 g/mol. The molecule has 182 valence electrons. The lowest BCUT2D eigenvalue weighted by molar-refractivity contribution is -0.129. The fourth-order valence-electron chi connectivity index (χ4n) is 3.88. The van der Waals surface area contributed by atoms with Gasteiger partial charge < -0.3 is 14.4 Å². The van der Waals surface area contributed by atoms with Gasteiger partial charge in [-0.15, -0.1) is 0 Å². The highest BCUT2D eigenvalue weighted by Crippen LogP contribution is 2.29. The van der Waals surface area contributed by atoms with Crippen molar-refractivity contribution >= 4 is 36.8 Å². The Morgan fingerprint density at radius 1 is 1.06 bits per heavy atom. The topological polar surface area (TPSA) is 68.7 Å². The van der Waals surface area contributed by atoms with Crippen LogP contribution in [-0.2, 0) is 14.3 Å². The summed E-state index contributed by atoms with van der Waals surface area (Å²) in [7, 11) is -1.26. The maximum atomic E-state index is 12.6. The maximum Gasteiger partial charge on any atom is 0.338 e. The van der Waals surface area contributed by atoms with Crippen LogP contribution in [0.3, 0.4) is 0 Å². The molecule has 35 heavy (non-hydrogen) atoms. The molecule has 0 spiro atoms. The van der Waals surface area contributed by atoms with Gasteiger partial charge in [0, 0.05) is 50.6 Å². The molecule has 1 amide bonds. The molecule has 1 aromatic heterocycles. The van der Waals surface area contributed by atoms with E-state index in [1.165, 1.54) is 0 Å². The third kappa shape index (κ3) is 6.65. The van der Waals surface area contributed by atoms with Gasteiger partial charge in [-0.25, -0.2) is 4.79 Å². The van der Waals surface area contributed by atoms with Crippen LogP contribution in [0.2, 0.25) is 25.7 Å². The number of aromatic nitrogens is 1. The number of amides is 1. The molecule has 1 saturated heterocycles. The first-order valence-corrected chi connectivity index (χ1v) is 15.7. The third-order valence-corrected chi connectivity index (χ3v) is 7.75. The quantitative estimate of drug-likeness (QED) is 0.257. The van der Waals surface area contributed by atoms with Crippen molar-refractivity contribution in [1.29, 1.82) is 0 Å². The van der Waals surface area contributed by atoms with E-state index >= 15 is 0 Å². The second kappa shape index (κ2) is 11.0. The maximum absolute atomic E-state index is 12.6. The van der Waals surface area contributed by atoms with Crippen LogP contribution in [0.5, 0.6) is 0 Å². The minimum Gasteiger partial charge on any atom is -0.462 e. The predicted octanol–water partition coefficient (Wildman–Crippen LogP) is 5.27. The van der Waals surface area contributed by atoms with Gasteiger partial charge in [0.25, 0.3) is 0 Å². The average Bonchev–Trinajstić information content (AvgIpc) is 2.86. The van der Waals surface area contributed by atoms with Crippen molar-refractivity contribution in [3.05, 3.63) is 72.1 Å². The number of pyridine rings is 1. The first kappa shape index (κ1) is 24.8. The highest BCUT2D eigenvalue weighted by Gasteiger charge is 2.16. The zero-order valence-corrected chi connectivity index (χ0v) is 21.6. The molecule has 0 N–H and O–H groups in total. The molecule has 0 unspecified atom stereocenters. The molecule has 0 saturated carbocycles. The van der Waals surface area contributed by atoms with Gasteiger partial charge in [-0.3, -0.25) is 9.78 Å². The molecule has 4 rings (SSSR count). The second-order valence-corrected chi connectivity index (χ2v) is 15.6. The summed E-state index contributed by atoms with van der Waals surface area (Å²) in [6.45, 7) is 9.68. The normalized spacial score (nSPS) is 14.4. The summed E-state index contributed by atoms with van der Waals surface area (Å²) in [5, 5.41) is 1.91. The Bertz CT molecular complexity index is 1230. The summed E-state index contributed by atoms with van der Waals surface area (Å²) in [5.74, 6) is -0.293. The lowest BCUT2D eigenvalue weighted by Gasteiger charge is -2.25. The summed E-state index contributed by atoms with van der Waals surface area (Å²) in [6.07, 6.45) is 7.06. The van der Waals surface area contributed by atoms with Crippen molar-refractivity contribution in [2.45, 2.75) is 25.7 Å². The fourth-order valence-corrected chi connectivity index (χ4v) is 4.60. The first-order chi connectivity index (χ1) is 16.8. The Hall–Kier alpha value is -3.29. The molecule has 0 bridgehead atoms. The zero-order valence-electron chi connectivity index (χ0n) is 20.6. The van der Waals surface area contributed by atoms with Gasteiger partial charge in [-0.2, -0.15) is 0 Å². The highest BCUT2D eigenvalue weighted by molar-refractivity contribution is 6.76. The van der Waals surface area contributed by atoms with Crippen molar-refractivity contribution in [3.8, 4) is 11.1 Å². The van der Waals surface area contributed by atoms with E-state index in [9.17, 15) is 9.59 Å². The molecule has 0 radical (unpaired) electrons. The van der Waals surface area contributed by atoms with E-state index in [2.05, 4.69) is 24.6 Å². The highest BCUT2D eigenvalue weighted by atomic mass is 28.3. The number of carbonyl (C=O) groups is 2. The smallest absolute Gasteiger partial charge is 0.338 e. The standard InChI is InChI=1S/C28H32N2O4Si/c1-35(2,3)17-16-34-28(32)23-9-10-24-19-29-20-26(25(24)18-23)22-7-4-21(5-8-22)6-11-27(31)30-12-14-33-15-13-30/h4-11,18-20H,12-17H2,1-3H3/b11-6+. The molecule has 2 heterocycles. The number of morpholine rings is 1. The van der Waals surface area contributed by atoms with Gasteiger partial charge in [-0.05, 0) is 40.8 Å². The Morgan fingerprint density at radius 3 is 2.51 bits per heavy atom. The summed E-state index contributed by atoms with van der Waals surface area (Å²) in [4.78, 5) is 31.2. The molecule has 3 aromatic rings. The summed E-state index contributed by atoms with van der Waals surface area (Å²) >= 11 is 0. The second-order valence-electron chi connectivity index (χ2n) is 9.96. The van der Waals surface area contributed by atoms with Crippen molar-refractivity contribution in [1.82, 2.24) is 9.88 Å². The van der Waals surface area contributed by atoms with Crippen molar-refractivity contribution < 1.29 is 19.1 Å². The van der Waals surface area contributed by atoms with Crippen LogP contribution in [0, 0.1) is 0 Å². The van der Waals surface area contributed by atoms with Crippen molar-refractivity contribution in [2.75, 3.05) is 32.9 Å².